The van der Waals surface area contributed by atoms with Gasteiger partial charge in [0, 0.05) is 11.4 Å². The standard InChI is InChI=1S/C26H43Cl2NO2/c1-3-5-6-7-8-9-10-11-12-13-14-15-16-17-18-19-24(30)29-23-20-22(27)21(4-2)25(28)26(23)31/h20,31H,3-19H2,1-2H3,(H,29,30). The highest BCUT2D eigenvalue weighted by molar-refractivity contribution is 6.37. The normalized spacial score (nSPS) is 11.1. The van der Waals surface area contributed by atoms with Gasteiger partial charge in [0.2, 0.25) is 5.91 Å². The number of phenols is 1. The molecule has 2 N–H and O–H groups in total. The Hall–Kier alpha value is -0.930. The second-order valence-corrected chi connectivity index (χ2v) is 9.43. The fourth-order valence-electron chi connectivity index (χ4n) is 3.94. The van der Waals surface area contributed by atoms with Gasteiger partial charge in [0.1, 0.15) is 0 Å². The molecular weight excluding hydrogens is 429 g/mol. The molecule has 0 aliphatic heterocycles. The van der Waals surface area contributed by atoms with Gasteiger partial charge in [0.15, 0.2) is 5.75 Å². The van der Waals surface area contributed by atoms with Crippen LogP contribution in [0, 0.1) is 0 Å². The van der Waals surface area contributed by atoms with Crippen molar-refractivity contribution in [1.29, 1.82) is 0 Å². The number of aromatic hydroxyl groups is 1. The molecule has 3 nitrogen and oxygen atoms in total. The molecule has 0 aliphatic carbocycles. The monoisotopic (exact) mass is 471 g/mol. The zero-order valence-electron chi connectivity index (χ0n) is 19.7. The molecule has 0 saturated carbocycles. The Bertz CT molecular complexity index is 634. The van der Waals surface area contributed by atoms with Gasteiger partial charge >= 0.3 is 0 Å². The number of halogens is 2. The summed E-state index contributed by atoms with van der Waals surface area (Å²) in [5.41, 5.74) is 0.986. The third-order valence-corrected chi connectivity index (χ3v) is 6.67. The van der Waals surface area contributed by atoms with E-state index in [1.165, 1.54) is 83.5 Å². The molecule has 0 heterocycles. The van der Waals surface area contributed by atoms with E-state index in [1.807, 2.05) is 6.92 Å². The van der Waals surface area contributed by atoms with Gasteiger partial charge in [-0.3, -0.25) is 4.79 Å². The van der Waals surface area contributed by atoms with Crippen molar-refractivity contribution >= 4 is 34.8 Å². The van der Waals surface area contributed by atoms with Gasteiger partial charge in [-0.2, -0.15) is 0 Å². The van der Waals surface area contributed by atoms with Gasteiger partial charge in [0.05, 0.1) is 10.7 Å². The summed E-state index contributed by atoms with van der Waals surface area (Å²) in [5.74, 6) is -0.214. The van der Waals surface area contributed by atoms with Gasteiger partial charge in [-0.25, -0.2) is 0 Å². The van der Waals surface area contributed by atoms with E-state index >= 15 is 0 Å². The average Bonchev–Trinajstić information content (AvgIpc) is 2.75. The van der Waals surface area contributed by atoms with Crippen molar-refractivity contribution in [3.63, 3.8) is 0 Å². The third kappa shape index (κ3) is 12.0. The van der Waals surface area contributed by atoms with E-state index in [1.54, 1.807) is 6.07 Å². The van der Waals surface area contributed by atoms with Crippen molar-refractivity contribution in [2.45, 2.75) is 123 Å². The summed E-state index contributed by atoms with van der Waals surface area (Å²) >= 11 is 12.3. The van der Waals surface area contributed by atoms with Crippen molar-refractivity contribution in [3.8, 4) is 5.75 Å². The zero-order valence-corrected chi connectivity index (χ0v) is 21.2. The summed E-state index contributed by atoms with van der Waals surface area (Å²) in [5, 5.41) is 13.6. The molecule has 0 spiro atoms. The fourth-order valence-corrected chi connectivity index (χ4v) is 4.66. The van der Waals surface area contributed by atoms with Crippen molar-refractivity contribution < 1.29 is 9.90 Å². The zero-order chi connectivity index (χ0) is 22.9. The lowest BCUT2D eigenvalue weighted by molar-refractivity contribution is -0.116. The van der Waals surface area contributed by atoms with Crippen molar-refractivity contribution in [2.75, 3.05) is 5.32 Å². The first-order chi connectivity index (χ1) is 15.0. The number of benzene rings is 1. The smallest absolute Gasteiger partial charge is 0.224 e. The molecule has 0 radical (unpaired) electrons. The highest BCUT2D eigenvalue weighted by Crippen LogP contribution is 2.39. The fraction of sp³-hybridized carbons (Fsp3) is 0.731. The molecular formula is C26H43Cl2NO2. The number of anilines is 1. The predicted octanol–water partition coefficient (Wildman–Crippen LogP) is 9.46. The van der Waals surface area contributed by atoms with Crippen LogP contribution in [0.15, 0.2) is 6.07 Å². The highest BCUT2D eigenvalue weighted by atomic mass is 35.5. The van der Waals surface area contributed by atoms with E-state index in [2.05, 4.69) is 12.2 Å². The number of carbonyl (C=O) groups excluding carboxylic acids is 1. The van der Waals surface area contributed by atoms with Crippen LogP contribution in [-0.4, -0.2) is 11.0 Å². The maximum Gasteiger partial charge on any atom is 0.224 e. The lowest BCUT2D eigenvalue weighted by atomic mass is 10.0. The Labute approximate surface area is 200 Å². The molecule has 31 heavy (non-hydrogen) atoms. The number of nitrogens with one attached hydrogen (secondary N) is 1. The van der Waals surface area contributed by atoms with Crippen molar-refractivity contribution in [3.05, 3.63) is 21.7 Å². The van der Waals surface area contributed by atoms with E-state index in [9.17, 15) is 9.90 Å². The molecule has 1 rings (SSSR count). The van der Waals surface area contributed by atoms with Crippen LogP contribution in [0.4, 0.5) is 5.69 Å². The molecule has 0 fully saturated rings. The first-order valence-corrected chi connectivity index (χ1v) is 13.3. The van der Waals surface area contributed by atoms with Crippen LogP contribution < -0.4 is 5.32 Å². The van der Waals surface area contributed by atoms with Gasteiger partial charge < -0.3 is 10.4 Å². The van der Waals surface area contributed by atoms with E-state index < -0.39 is 0 Å². The van der Waals surface area contributed by atoms with Gasteiger partial charge in [-0.1, -0.05) is 127 Å². The molecule has 1 aromatic carbocycles. The predicted molar refractivity (Wildman–Crippen MR) is 136 cm³/mol. The Balaban J connectivity index is 2.02. The summed E-state index contributed by atoms with van der Waals surface area (Å²) in [7, 11) is 0. The molecule has 1 aromatic rings. The van der Waals surface area contributed by atoms with Crippen LogP contribution in [0.1, 0.15) is 122 Å². The van der Waals surface area contributed by atoms with E-state index in [0.717, 1.165) is 12.8 Å². The molecule has 0 aromatic heterocycles. The molecule has 0 atom stereocenters. The minimum atomic E-state index is -0.110. The number of phenolic OH excluding ortho intramolecular Hbond substituents is 1. The van der Waals surface area contributed by atoms with Gasteiger partial charge in [-0.05, 0) is 24.5 Å². The topological polar surface area (TPSA) is 49.3 Å². The number of rotatable bonds is 18. The lowest BCUT2D eigenvalue weighted by Gasteiger charge is -2.13. The highest BCUT2D eigenvalue weighted by Gasteiger charge is 2.15. The average molecular weight is 473 g/mol. The van der Waals surface area contributed by atoms with E-state index in [0.29, 0.717) is 23.4 Å². The maximum absolute atomic E-state index is 12.2. The van der Waals surface area contributed by atoms with E-state index in [-0.39, 0.29) is 22.4 Å². The third-order valence-electron chi connectivity index (χ3n) is 5.92. The van der Waals surface area contributed by atoms with Crippen molar-refractivity contribution in [1.82, 2.24) is 0 Å². The summed E-state index contributed by atoms with van der Waals surface area (Å²) < 4.78 is 0. The second kappa shape index (κ2) is 17.6. The number of hydrogen-bond acceptors (Lipinski definition) is 2. The van der Waals surface area contributed by atoms with Crippen molar-refractivity contribution in [2.24, 2.45) is 0 Å². The quantitative estimate of drug-likeness (QED) is 0.165. The minimum absolute atomic E-state index is 0.104. The lowest BCUT2D eigenvalue weighted by Crippen LogP contribution is -2.11. The van der Waals surface area contributed by atoms with Crippen LogP contribution in [0.25, 0.3) is 0 Å². The minimum Gasteiger partial charge on any atom is -0.504 e. The molecule has 0 bridgehead atoms. The first kappa shape index (κ1) is 28.1. The summed E-state index contributed by atoms with van der Waals surface area (Å²) in [6.45, 7) is 4.19. The van der Waals surface area contributed by atoms with Gasteiger partial charge in [-0.15, -0.1) is 0 Å². The molecule has 0 saturated heterocycles. The van der Waals surface area contributed by atoms with Gasteiger partial charge in [0.25, 0.3) is 0 Å². The Kier molecular flexibility index (Phi) is 16.0. The molecule has 178 valence electrons. The Morgan fingerprint density at radius 3 is 1.71 bits per heavy atom. The molecule has 0 unspecified atom stereocenters. The molecule has 0 aliphatic rings. The molecule has 5 heteroatoms. The summed E-state index contributed by atoms with van der Waals surface area (Å²) in [4.78, 5) is 12.2. The van der Waals surface area contributed by atoms with Crippen LogP contribution in [0.5, 0.6) is 5.75 Å². The SMILES string of the molecule is CCCCCCCCCCCCCCCCCC(=O)Nc1cc(Cl)c(CC)c(Cl)c1O. The number of hydrogen-bond donors (Lipinski definition) is 2. The Morgan fingerprint density at radius 2 is 1.26 bits per heavy atom. The summed E-state index contributed by atoms with van der Waals surface area (Å²) in [6.07, 6.45) is 20.6. The largest absolute Gasteiger partial charge is 0.504 e. The van der Waals surface area contributed by atoms with E-state index in [4.69, 9.17) is 23.2 Å². The first-order valence-electron chi connectivity index (χ1n) is 12.5. The van der Waals surface area contributed by atoms with Crippen LogP contribution in [-0.2, 0) is 11.2 Å². The number of unbranched alkanes of at least 4 members (excludes halogenated alkanes) is 14. The van der Waals surface area contributed by atoms with Crippen LogP contribution >= 0.6 is 23.2 Å². The van der Waals surface area contributed by atoms with Crippen LogP contribution in [0.2, 0.25) is 10.0 Å². The molecule has 1 amide bonds. The Morgan fingerprint density at radius 1 is 0.806 bits per heavy atom. The second-order valence-electron chi connectivity index (χ2n) is 8.65. The maximum atomic E-state index is 12.2. The number of carbonyl (C=O) groups is 1. The van der Waals surface area contributed by atoms with Crippen LogP contribution in [0.3, 0.4) is 0 Å². The number of amides is 1. The summed E-state index contributed by atoms with van der Waals surface area (Å²) in [6, 6.07) is 1.58.